The number of hydrogen-bond acceptors (Lipinski definition) is 5. The lowest BCUT2D eigenvalue weighted by Gasteiger charge is -2.37. The molecule has 114 valence electrons. The van der Waals surface area contributed by atoms with Gasteiger partial charge in [-0.3, -0.25) is 10.5 Å². The number of carbonyl (C=O) groups excluding carboxylic acids is 1. The first-order chi connectivity index (χ1) is 10.1. The molecule has 0 aromatic heterocycles. The monoisotopic (exact) mass is 290 g/mol. The number of hydrogen-bond donors (Lipinski definition) is 2. The highest BCUT2D eigenvalue weighted by atomic mass is 16.5. The smallest absolute Gasteiger partial charge is 0.252 e. The molecule has 2 aliphatic heterocycles. The molecule has 6 nitrogen and oxygen atoms in total. The van der Waals surface area contributed by atoms with E-state index in [1.807, 2.05) is 6.07 Å². The molecule has 1 saturated heterocycles. The van der Waals surface area contributed by atoms with Crippen molar-refractivity contribution in [2.24, 2.45) is 11.5 Å². The largest absolute Gasteiger partial charge is 0.474 e. The third-order valence-electron chi connectivity index (χ3n) is 4.29. The molecular weight excluding hydrogens is 268 g/mol. The SMILES string of the molecule is CN1CCN(c2ccc(C(N)=O)c3c2CCC(N)O3)CC1. The van der Waals surface area contributed by atoms with Gasteiger partial charge in [-0.15, -0.1) is 0 Å². The number of amides is 1. The molecule has 0 spiro atoms. The van der Waals surface area contributed by atoms with Crippen LogP contribution >= 0.6 is 0 Å². The van der Waals surface area contributed by atoms with Crippen LogP contribution in [0.15, 0.2) is 12.1 Å². The number of likely N-dealkylation sites (N-methyl/N-ethyl adjacent to an activating group) is 1. The van der Waals surface area contributed by atoms with Gasteiger partial charge >= 0.3 is 0 Å². The molecule has 1 atom stereocenters. The van der Waals surface area contributed by atoms with Crippen LogP contribution in [0.3, 0.4) is 0 Å². The molecule has 6 heteroatoms. The minimum atomic E-state index is -0.467. The minimum absolute atomic E-state index is 0.363. The summed E-state index contributed by atoms with van der Waals surface area (Å²) in [5.74, 6) is 0.114. The summed E-state index contributed by atoms with van der Waals surface area (Å²) >= 11 is 0. The molecule has 1 aromatic carbocycles. The average Bonchev–Trinajstić information content (AvgIpc) is 2.46. The summed E-state index contributed by atoms with van der Waals surface area (Å²) in [6, 6.07) is 3.75. The number of rotatable bonds is 2. The van der Waals surface area contributed by atoms with Crippen molar-refractivity contribution in [3.63, 3.8) is 0 Å². The predicted molar refractivity (Wildman–Crippen MR) is 81.6 cm³/mol. The summed E-state index contributed by atoms with van der Waals surface area (Å²) in [6.45, 7) is 4.02. The minimum Gasteiger partial charge on any atom is -0.474 e. The summed E-state index contributed by atoms with van der Waals surface area (Å²) in [7, 11) is 2.13. The maximum Gasteiger partial charge on any atom is 0.252 e. The molecule has 3 rings (SSSR count). The standard InChI is InChI=1S/C15H22N4O2/c1-18-6-8-19(9-7-18)12-4-2-11(15(17)20)14-10(12)3-5-13(16)21-14/h2,4,13H,3,5-9,16H2,1H3,(H2,17,20). The van der Waals surface area contributed by atoms with Gasteiger partial charge in [-0.25, -0.2) is 0 Å². The molecule has 0 saturated carbocycles. The van der Waals surface area contributed by atoms with Crippen LogP contribution in [-0.4, -0.2) is 50.3 Å². The van der Waals surface area contributed by atoms with E-state index in [1.165, 1.54) is 0 Å². The Labute approximate surface area is 124 Å². The molecule has 1 unspecified atom stereocenters. The van der Waals surface area contributed by atoms with E-state index in [0.29, 0.717) is 11.3 Å². The van der Waals surface area contributed by atoms with E-state index < -0.39 is 5.91 Å². The molecule has 2 aliphatic rings. The molecule has 0 bridgehead atoms. The quantitative estimate of drug-likeness (QED) is 0.810. The van der Waals surface area contributed by atoms with Crippen LogP contribution in [0, 0.1) is 0 Å². The van der Waals surface area contributed by atoms with E-state index in [0.717, 1.165) is 50.3 Å². The maximum absolute atomic E-state index is 11.6. The van der Waals surface area contributed by atoms with E-state index >= 15 is 0 Å². The number of carbonyl (C=O) groups is 1. The molecule has 21 heavy (non-hydrogen) atoms. The predicted octanol–water partition coefficient (Wildman–Crippen LogP) is 0.147. The topological polar surface area (TPSA) is 84.8 Å². The fourth-order valence-electron chi connectivity index (χ4n) is 3.03. The Morgan fingerprint density at radius 3 is 2.67 bits per heavy atom. The fourth-order valence-corrected chi connectivity index (χ4v) is 3.03. The van der Waals surface area contributed by atoms with E-state index in [4.69, 9.17) is 16.2 Å². The molecule has 1 amide bonds. The van der Waals surface area contributed by atoms with Crippen molar-refractivity contribution in [2.75, 3.05) is 38.1 Å². The van der Waals surface area contributed by atoms with E-state index in [-0.39, 0.29) is 6.23 Å². The zero-order valence-electron chi connectivity index (χ0n) is 12.3. The first-order valence-corrected chi connectivity index (χ1v) is 7.37. The molecule has 2 heterocycles. The number of nitrogens with zero attached hydrogens (tertiary/aromatic N) is 2. The van der Waals surface area contributed by atoms with Gasteiger partial charge in [0.05, 0.1) is 5.56 Å². The number of ether oxygens (including phenoxy) is 1. The molecule has 1 fully saturated rings. The Morgan fingerprint density at radius 1 is 1.29 bits per heavy atom. The second-order valence-corrected chi connectivity index (χ2v) is 5.79. The van der Waals surface area contributed by atoms with Gasteiger partial charge in [-0.1, -0.05) is 0 Å². The highest BCUT2D eigenvalue weighted by Gasteiger charge is 2.27. The van der Waals surface area contributed by atoms with E-state index in [9.17, 15) is 4.79 Å². The Hall–Kier alpha value is -1.79. The van der Waals surface area contributed by atoms with Crippen LogP contribution < -0.4 is 21.1 Å². The van der Waals surface area contributed by atoms with Crippen LogP contribution in [0.2, 0.25) is 0 Å². The Bertz CT molecular complexity index is 553. The van der Waals surface area contributed by atoms with Gasteiger partial charge in [0.25, 0.3) is 5.91 Å². The van der Waals surface area contributed by atoms with Crippen molar-refractivity contribution < 1.29 is 9.53 Å². The lowest BCUT2D eigenvalue weighted by atomic mass is 9.97. The number of fused-ring (bicyclic) bond motifs is 1. The normalized spacial score (nSPS) is 22.6. The Morgan fingerprint density at radius 2 is 2.00 bits per heavy atom. The second-order valence-electron chi connectivity index (χ2n) is 5.79. The van der Waals surface area contributed by atoms with Crippen LogP contribution in [0.4, 0.5) is 5.69 Å². The third kappa shape index (κ3) is 2.69. The van der Waals surface area contributed by atoms with Gasteiger partial charge in [-0.2, -0.15) is 0 Å². The Kier molecular flexibility index (Phi) is 3.73. The lowest BCUT2D eigenvalue weighted by molar-refractivity contribution is 0.0990. The maximum atomic E-state index is 11.6. The second kappa shape index (κ2) is 5.54. The van der Waals surface area contributed by atoms with Crippen LogP contribution in [0.25, 0.3) is 0 Å². The average molecular weight is 290 g/mol. The molecule has 0 radical (unpaired) electrons. The first-order valence-electron chi connectivity index (χ1n) is 7.37. The third-order valence-corrected chi connectivity index (χ3v) is 4.29. The fraction of sp³-hybridized carbons (Fsp3) is 0.533. The van der Waals surface area contributed by atoms with Crippen molar-refractivity contribution >= 4 is 11.6 Å². The van der Waals surface area contributed by atoms with Crippen molar-refractivity contribution in [2.45, 2.75) is 19.1 Å². The van der Waals surface area contributed by atoms with Gasteiger partial charge in [-0.05, 0) is 25.6 Å². The van der Waals surface area contributed by atoms with Gasteiger partial charge in [0.2, 0.25) is 0 Å². The van der Waals surface area contributed by atoms with Gasteiger partial charge in [0, 0.05) is 43.9 Å². The van der Waals surface area contributed by atoms with Crippen LogP contribution in [0.5, 0.6) is 5.75 Å². The van der Waals surface area contributed by atoms with Crippen molar-refractivity contribution in [3.8, 4) is 5.75 Å². The summed E-state index contributed by atoms with van der Waals surface area (Å²) in [5, 5.41) is 0. The van der Waals surface area contributed by atoms with Gasteiger partial charge in [0.1, 0.15) is 12.0 Å². The van der Waals surface area contributed by atoms with Crippen LogP contribution in [0.1, 0.15) is 22.3 Å². The molecule has 0 aliphatic carbocycles. The Balaban J connectivity index is 1.99. The number of primary amides is 1. The summed E-state index contributed by atoms with van der Waals surface area (Å²) in [4.78, 5) is 16.3. The van der Waals surface area contributed by atoms with Crippen molar-refractivity contribution in [3.05, 3.63) is 23.3 Å². The molecular formula is C15H22N4O2. The van der Waals surface area contributed by atoms with Crippen LogP contribution in [-0.2, 0) is 6.42 Å². The summed E-state index contributed by atoms with van der Waals surface area (Å²) in [5.41, 5.74) is 14.0. The van der Waals surface area contributed by atoms with Gasteiger partial charge in [0.15, 0.2) is 0 Å². The van der Waals surface area contributed by atoms with E-state index in [1.54, 1.807) is 6.07 Å². The highest BCUT2D eigenvalue weighted by molar-refractivity contribution is 5.97. The molecule has 1 aromatic rings. The number of benzene rings is 1. The highest BCUT2D eigenvalue weighted by Crippen LogP contribution is 2.37. The van der Waals surface area contributed by atoms with E-state index in [2.05, 4.69) is 16.8 Å². The van der Waals surface area contributed by atoms with Gasteiger partial charge < -0.3 is 20.3 Å². The number of nitrogens with two attached hydrogens (primary N) is 2. The zero-order chi connectivity index (χ0) is 15.0. The number of piperazine rings is 1. The number of anilines is 1. The molecule has 4 N–H and O–H groups in total. The van der Waals surface area contributed by atoms with Crippen molar-refractivity contribution in [1.29, 1.82) is 0 Å². The zero-order valence-corrected chi connectivity index (χ0v) is 12.3. The lowest BCUT2D eigenvalue weighted by Crippen LogP contribution is -2.45. The summed E-state index contributed by atoms with van der Waals surface area (Å²) in [6.07, 6.45) is 1.22. The van der Waals surface area contributed by atoms with Crippen molar-refractivity contribution in [1.82, 2.24) is 4.90 Å². The summed E-state index contributed by atoms with van der Waals surface area (Å²) < 4.78 is 5.72. The first kappa shape index (κ1) is 14.2.